The van der Waals surface area contributed by atoms with Gasteiger partial charge in [-0.1, -0.05) is 17.7 Å². The van der Waals surface area contributed by atoms with Crippen LogP contribution >= 0.6 is 11.6 Å². The molecule has 136 valence electrons. The monoisotopic (exact) mass is 392 g/mol. The molecule has 3 aromatic rings. The van der Waals surface area contributed by atoms with Crippen molar-refractivity contribution in [3.63, 3.8) is 0 Å². The molecule has 7 nitrogen and oxygen atoms in total. The first-order valence-corrected chi connectivity index (χ1v) is 9.99. The number of nitrogens with zero attached hydrogens (tertiary/aromatic N) is 4. The number of pyridine rings is 2. The van der Waals surface area contributed by atoms with Gasteiger partial charge in [-0.25, -0.2) is 13.4 Å². The Hall–Kier alpha value is -2.16. The first kappa shape index (κ1) is 17.3. The summed E-state index contributed by atoms with van der Waals surface area (Å²) in [7, 11) is -3.78. The number of aromatic nitrogens is 3. The number of hydrogen-bond donors (Lipinski definition) is 0. The molecular formula is C17H17ClN4O3S. The minimum atomic E-state index is -3.78. The normalized spacial score (nSPS) is 18.5. The van der Waals surface area contributed by atoms with Crippen LogP contribution in [0, 0.1) is 6.92 Å². The summed E-state index contributed by atoms with van der Waals surface area (Å²) in [6, 6.07) is 8.87. The maximum atomic E-state index is 13.1. The van der Waals surface area contributed by atoms with Crippen LogP contribution < -0.4 is 4.74 Å². The molecule has 1 saturated heterocycles. The Morgan fingerprint density at radius 2 is 2.12 bits per heavy atom. The second kappa shape index (κ2) is 6.53. The average molecular weight is 393 g/mol. The van der Waals surface area contributed by atoms with Crippen LogP contribution in [-0.4, -0.2) is 46.3 Å². The van der Waals surface area contributed by atoms with E-state index in [4.69, 9.17) is 16.3 Å². The molecule has 1 aliphatic heterocycles. The van der Waals surface area contributed by atoms with Crippen molar-refractivity contribution in [2.75, 3.05) is 13.1 Å². The van der Waals surface area contributed by atoms with E-state index in [1.165, 1.54) is 8.71 Å². The van der Waals surface area contributed by atoms with E-state index in [9.17, 15) is 8.42 Å². The fourth-order valence-corrected chi connectivity index (χ4v) is 5.17. The van der Waals surface area contributed by atoms with E-state index in [-0.39, 0.29) is 22.8 Å². The van der Waals surface area contributed by atoms with E-state index >= 15 is 0 Å². The Labute approximate surface area is 156 Å². The minimum absolute atomic E-state index is 0.00650. The molecule has 0 saturated carbocycles. The molecule has 0 bridgehead atoms. The second-order valence-electron chi connectivity index (χ2n) is 6.12. The van der Waals surface area contributed by atoms with Gasteiger partial charge in [-0.05, 0) is 37.6 Å². The molecule has 26 heavy (non-hydrogen) atoms. The molecule has 0 aliphatic carbocycles. The molecule has 9 heteroatoms. The maximum Gasteiger partial charge on any atom is 0.262 e. The number of hydrogen-bond acceptors (Lipinski definition) is 5. The van der Waals surface area contributed by atoms with Gasteiger partial charge in [0.05, 0.1) is 12.2 Å². The first-order chi connectivity index (χ1) is 12.5. The van der Waals surface area contributed by atoms with Crippen LogP contribution in [0.5, 0.6) is 5.75 Å². The lowest BCUT2D eigenvalue weighted by molar-refractivity contribution is 0.213. The maximum absolute atomic E-state index is 13.1. The van der Waals surface area contributed by atoms with Crippen LogP contribution in [0.15, 0.2) is 47.8 Å². The zero-order valence-electron chi connectivity index (χ0n) is 14.0. The van der Waals surface area contributed by atoms with Crippen LogP contribution in [0.4, 0.5) is 0 Å². The number of halogens is 1. The van der Waals surface area contributed by atoms with Crippen LogP contribution in [0.25, 0.3) is 5.65 Å². The SMILES string of the molecule is Cc1ncccc1O[C@H]1CCN(S(=O)(=O)c2c(Cl)nc3ccccn23)C1. The largest absolute Gasteiger partial charge is 0.487 e. The van der Waals surface area contributed by atoms with Crippen molar-refractivity contribution in [2.45, 2.75) is 24.5 Å². The van der Waals surface area contributed by atoms with E-state index in [1.807, 2.05) is 13.0 Å². The van der Waals surface area contributed by atoms with Gasteiger partial charge in [0.1, 0.15) is 17.5 Å². The highest BCUT2D eigenvalue weighted by Gasteiger charge is 2.37. The average Bonchev–Trinajstić information content (AvgIpc) is 3.21. The number of aryl methyl sites for hydroxylation is 1. The van der Waals surface area contributed by atoms with Crippen LogP contribution in [-0.2, 0) is 10.0 Å². The topological polar surface area (TPSA) is 76.8 Å². The molecule has 4 heterocycles. The highest BCUT2D eigenvalue weighted by atomic mass is 35.5. The summed E-state index contributed by atoms with van der Waals surface area (Å²) in [4.78, 5) is 8.32. The smallest absolute Gasteiger partial charge is 0.262 e. The predicted octanol–water partition coefficient (Wildman–Crippen LogP) is 2.53. The van der Waals surface area contributed by atoms with Crippen LogP contribution in [0.2, 0.25) is 5.15 Å². The summed E-state index contributed by atoms with van der Waals surface area (Å²) in [5.41, 5.74) is 1.27. The highest BCUT2D eigenvalue weighted by Crippen LogP contribution is 2.29. The van der Waals surface area contributed by atoms with Crippen molar-refractivity contribution in [3.05, 3.63) is 53.6 Å². The second-order valence-corrected chi connectivity index (χ2v) is 8.33. The Morgan fingerprint density at radius 1 is 1.27 bits per heavy atom. The van der Waals surface area contributed by atoms with Crippen molar-refractivity contribution in [3.8, 4) is 5.75 Å². The Bertz CT molecular complexity index is 1070. The van der Waals surface area contributed by atoms with E-state index in [0.717, 1.165) is 5.69 Å². The molecular weight excluding hydrogens is 376 g/mol. The lowest BCUT2D eigenvalue weighted by Gasteiger charge is -2.17. The van der Waals surface area contributed by atoms with E-state index < -0.39 is 10.0 Å². The third kappa shape index (κ3) is 2.94. The zero-order valence-corrected chi connectivity index (χ0v) is 15.6. The van der Waals surface area contributed by atoms with Gasteiger partial charge in [-0.2, -0.15) is 4.31 Å². The molecule has 1 aliphatic rings. The van der Waals surface area contributed by atoms with Gasteiger partial charge in [0.25, 0.3) is 10.0 Å². The number of fused-ring (bicyclic) bond motifs is 1. The summed E-state index contributed by atoms with van der Waals surface area (Å²) in [6.45, 7) is 2.48. The first-order valence-electron chi connectivity index (χ1n) is 8.18. The standard InChI is InChI=1S/C17H17ClN4O3S/c1-12-14(5-4-8-19-12)25-13-7-10-21(11-13)26(23,24)17-16(18)20-15-6-2-3-9-22(15)17/h2-6,8-9,13H,7,10-11H2,1H3/t13-/m0/s1. The predicted molar refractivity (Wildman–Crippen MR) is 97.0 cm³/mol. The van der Waals surface area contributed by atoms with Crippen molar-refractivity contribution < 1.29 is 13.2 Å². The van der Waals surface area contributed by atoms with Gasteiger partial charge < -0.3 is 4.74 Å². The third-order valence-corrected chi connectivity index (χ3v) is 6.66. The van der Waals surface area contributed by atoms with Crippen molar-refractivity contribution in [2.24, 2.45) is 0 Å². The lowest BCUT2D eigenvalue weighted by atomic mass is 10.3. The van der Waals surface area contributed by atoms with Crippen molar-refractivity contribution >= 4 is 27.3 Å². The fraction of sp³-hybridized carbons (Fsp3) is 0.294. The Balaban J connectivity index is 1.60. The minimum Gasteiger partial charge on any atom is -0.487 e. The molecule has 0 aromatic carbocycles. The summed E-state index contributed by atoms with van der Waals surface area (Å²) in [5, 5.41) is -0.0309. The molecule has 1 atom stereocenters. The van der Waals surface area contributed by atoms with Gasteiger partial charge in [0, 0.05) is 18.9 Å². The van der Waals surface area contributed by atoms with Crippen molar-refractivity contribution in [1.29, 1.82) is 0 Å². The number of sulfonamides is 1. The van der Waals surface area contributed by atoms with E-state index in [0.29, 0.717) is 24.4 Å². The fourth-order valence-electron chi connectivity index (χ4n) is 3.08. The van der Waals surface area contributed by atoms with Gasteiger partial charge in [-0.3, -0.25) is 9.38 Å². The van der Waals surface area contributed by atoms with Gasteiger partial charge in [0.2, 0.25) is 0 Å². The molecule has 1 fully saturated rings. The molecule has 3 aromatic heterocycles. The third-order valence-electron chi connectivity index (χ3n) is 4.39. The molecule has 0 N–H and O–H groups in total. The van der Waals surface area contributed by atoms with Crippen LogP contribution in [0.3, 0.4) is 0 Å². The Morgan fingerprint density at radius 3 is 2.92 bits per heavy atom. The molecule has 0 radical (unpaired) electrons. The van der Waals surface area contributed by atoms with Gasteiger partial charge >= 0.3 is 0 Å². The van der Waals surface area contributed by atoms with Gasteiger partial charge in [-0.15, -0.1) is 0 Å². The highest BCUT2D eigenvalue weighted by molar-refractivity contribution is 7.89. The summed E-state index contributed by atoms with van der Waals surface area (Å²) < 4.78 is 35.1. The summed E-state index contributed by atoms with van der Waals surface area (Å²) >= 11 is 6.14. The lowest BCUT2D eigenvalue weighted by Crippen LogP contribution is -2.32. The molecule has 0 amide bonds. The van der Waals surface area contributed by atoms with E-state index in [2.05, 4.69) is 9.97 Å². The molecule has 4 rings (SSSR count). The Kier molecular flexibility index (Phi) is 4.34. The van der Waals surface area contributed by atoms with Gasteiger partial charge in [0.15, 0.2) is 10.2 Å². The van der Waals surface area contributed by atoms with E-state index in [1.54, 1.807) is 36.7 Å². The molecule has 0 unspecified atom stereocenters. The summed E-state index contributed by atoms with van der Waals surface area (Å²) in [5.74, 6) is 0.671. The van der Waals surface area contributed by atoms with Crippen LogP contribution in [0.1, 0.15) is 12.1 Å². The van der Waals surface area contributed by atoms with Crippen molar-refractivity contribution in [1.82, 2.24) is 18.7 Å². The zero-order chi connectivity index (χ0) is 18.3. The number of imidazole rings is 1. The quantitative estimate of drug-likeness (QED) is 0.681. The summed E-state index contributed by atoms with van der Waals surface area (Å²) in [6.07, 6.45) is 3.71. The molecule has 0 spiro atoms. The number of rotatable bonds is 4. The number of ether oxygens (including phenoxy) is 1.